The molecule has 9 heteroatoms. The number of halogens is 1. The highest BCUT2D eigenvalue weighted by atomic mass is 35.5. The first kappa shape index (κ1) is 21.1. The van der Waals surface area contributed by atoms with Crippen molar-refractivity contribution in [2.24, 2.45) is 0 Å². The van der Waals surface area contributed by atoms with Gasteiger partial charge in [-0.05, 0) is 42.5 Å². The van der Waals surface area contributed by atoms with E-state index < -0.39 is 0 Å². The maximum absolute atomic E-state index is 13.0. The summed E-state index contributed by atoms with van der Waals surface area (Å²) in [6, 6.07) is 12.5. The number of ether oxygens (including phenoxy) is 2. The number of aromatic nitrogens is 2. The van der Waals surface area contributed by atoms with Gasteiger partial charge in [-0.1, -0.05) is 16.8 Å². The van der Waals surface area contributed by atoms with E-state index >= 15 is 0 Å². The molecule has 1 saturated heterocycles. The Kier molecular flexibility index (Phi) is 6.39. The molecule has 31 heavy (non-hydrogen) atoms. The minimum absolute atomic E-state index is 0.0711. The Morgan fingerprint density at radius 2 is 1.81 bits per heavy atom. The van der Waals surface area contributed by atoms with Gasteiger partial charge in [0.15, 0.2) is 0 Å². The van der Waals surface area contributed by atoms with Crippen molar-refractivity contribution < 1.29 is 18.8 Å². The van der Waals surface area contributed by atoms with Gasteiger partial charge in [0.05, 0.1) is 26.3 Å². The number of piperazine rings is 1. The summed E-state index contributed by atoms with van der Waals surface area (Å²) >= 11 is 5.93. The molecule has 0 N–H and O–H groups in total. The van der Waals surface area contributed by atoms with E-state index in [1.807, 2.05) is 17.0 Å². The fourth-order valence-corrected chi connectivity index (χ4v) is 3.61. The van der Waals surface area contributed by atoms with Crippen LogP contribution in [0.25, 0.3) is 11.4 Å². The third kappa shape index (κ3) is 4.81. The van der Waals surface area contributed by atoms with Gasteiger partial charge in [-0.15, -0.1) is 0 Å². The Morgan fingerprint density at radius 1 is 1.06 bits per heavy atom. The molecule has 2 heterocycles. The van der Waals surface area contributed by atoms with E-state index in [1.54, 1.807) is 44.6 Å². The first-order valence-electron chi connectivity index (χ1n) is 9.89. The SMILES string of the molecule is COc1ccc(OC)c(C(=O)N2CCN(Cc3nc(-c4ccc(Cl)cc4)no3)CC2)c1. The van der Waals surface area contributed by atoms with Crippen LogP contribution in [-0.4, -0.2) is 66.2 Å². The highest BCUT2D eigenvalue weighted by Gasteiger charge is 2.25. The third-order valence-corrected chi connectivity index (χ3v) is 5.48. The highest BCUT2D eigenvalue weighted by molar-refractivity contribution is 6.30. The van der Waals surface area contributed by atoms with E-state index in [4.69, 9.17) is 25.6 Å². The number of amides is 1. The Labute approximate surface area is 185 Å². The number of carbonyl (C=O) groups is 1. The van der Waals surface area contributed by atoms with E-state index in [9.17, 15) is 4.79 Å². The standard InChI is InChI=1S/C22H23ClN4O4/c1-29-17-7-8-19(30-2)18(13-17)22(28)27-11-9-26(10-12-27)14-20-24-21(25-31-20)15-3-5-16(23)6-4-15/h3-8,13H,9-12,14H2,1-2H3. The van der Waals surface area contributed by atoms with Gasteiger partial charge in [0.1, 0.15) is 11.5 Å². The van der Waals surface area contributed by atoms with Gasteiger partial charge in [-0.25, -0.2) is 0 Å². The summed E-state index contributed by atoms with van der Waals surface area (Å²) in [6.45, 7) is 3.13. The van der Waals surface area contributed by atoms with Crippen LogP contribution in [0.3, 0.4) is 0 Å². The lowest BCUT2D eigenvalue weighted by Gasteiger charge is -2.34. The van der Waals surface area contributed by atoms with Crippen LogP contribution in [0.5, 0.6) is 11.5 Å². The predicted molar refractivity (Wildman–Crippen MR) is 115 cm³/mol. The topological polar surface area (TPSA) is 80.9 Å². The summed E-state index contributed by atoms with van der Waals surface area (Å²) in [7, 11) is 3.13. The molecule has 0 bridgehead atoms. The van der Waals surface area contributed by atoms with Crippen LogP contribution in [0, 0.1) is 0 Å². The lowest BCUT2D eigenvalue weighted by molar-refractivity contribution is 0.0611. The monoisotopic (exact) mass is 442 g/mol. The summed E-state index contributed by atoms with van der Waals surface area (Å²) in [5, 5.41) is 4.71. The number of carbonyl (C=O) groups excluding carboxylic acids is 1. The van der Waals surface area contributed by atoms with Crippen molar-refractivity contribution in [2.75, 3.05) is 40.4 Å². The van der Waals surface area contributed by atoms with Gasteiger partial charge in [-0.3, -0.25) is 9.69 Å². The molecule has 0 spiro atoms. The van der Waals surface area contributed by atoms with Crippen molar-refractivity contribution in [1.29, 1.82) is 0 Å². The summed E-state index contributed by atoms with van der Waals surface area (Å²) in [5.41, 5.74) is 1.35. The summed E-state index contributed by atoms with van der Waals surface area (Å²) in [5.74, 6) is 2.16. The van der Waals surface area contributed by atoms with E-state index in [-0.39, 0.29) is 5.91 Å². The van der Waals surface area contributed by atoms with Gasteiger partial charge in [0.25, 0.3) is 5.91 Å². The molecular weight excluding hydrogens is 420 g/mol. The summed E-state index contributed by atoms with van der Waals surface area (Å²) in [4.78, 5) is 21.5. The fraction of sp³-hybridized carbons (Fsp3) is 0.318. The lowest BCUT2D eigenvalue weighted by Crippen LogP contribution is -2.48. The molecule has 2 aromatic carbocycles. The van der Waals surface area contributed by atoms with Crippen LogP contribution < -0.4 is 9.47 Å². The zero-order valence-electron chi connectivity index (χ0n) is 17.4. The largest absolute Gasteiger partial charge is 0.497 e. The molecule has 0 unspecified atom stereocenters. The van der Waals surface area contributed by atoms with E-state index in [1.165, 1.54) is 0 Å². The minimum atomic E-state index is -0.0711. The Balaban J connectivity index is 1.36. The number of benzene rings is 2. The molecule has 0 atom stereocenters. The Bertz CT molecular complexity index is 1050. The van der Waals surface area contributed by atoms with Gasteiger partial charge in [0.2, 0.25) is 11.7 Å². The molecule has 1 aliphatic rings. The minimum Gasteiger partial charge on any atom is -0.497 e. The average Bonchev–Trinajstić information content (AvgIpc) is 3.27. The smallest absolute Gasteiger partial charge is 0.257 e. The van der Waals surface area contributed by atoms with E-state index in [0.717, 1.165) is 5.56 Å². The normalized spacial score (nSPS) is 14.5. The second-order valence-corrected chi connectivity index (χ2v) is 7.59. The van der Waals surface area contributed by atoms with Crippen LogP contribution in [0.15, 0.2) is 47.0 Å². The van der Waals surface area contributed by atoms with Crippen LogP contribution in [-0.2, 0) is 6.54 Å². The van der Waals surface area contributed by atoms with E-state index in [2.05, 4.69) is 15.0 Å². The predicted octanol–water partition coefficient (Wildman–Crippen LogP) is 3.37. The number of rotatable bonds is 6. The van der Waals surface area contributed by atoms with Crippen LogP contribution in [0.2, 0.25) is 5.02 Å². The summed E-state index contributed by atoms with van der Waals surface area (Å²) in [6.07, 6.45) is 0. The Hall–Kier alpha value is -3.10. The second-order valence-electron chi connectivity index (χ2n) is 7.15. The van der Waals surface area contributed by atoms with Gasteiger partial charge in [0, 0.05) is 36.8 Å². The van der Waals surface area contributed by atoms with Crippen molar-refractivity contribution in [1.82, 2.24) is 19.9 Å². The first-order chi connectivity index (χ1) is 15.1. The second kappa shape index (κ2) is 9.36. The average molecular weight is 443 g/mol. The highest BCUT2D eigenvalue weighted by Crippen LogP contribution is 2.26. The lowest BCUT2D eigenvalue weighted by atomic mass is 10.1. The molecule has 8 nitrogen and oxygen atoms in total. The molecule has 1 aliphatic heterocycles. The zero-order chi connectivity index (χ0) is 21.8. The van der Waals surface area contributed by atoms with Crippen molar-refractivity contribution in [3.63, 3.8) is 0 Å². The quantitative estimate of drug-likeness (QED) is 0.579. The summed E-state index contributed by atoms with van der Waals surface area (Å²) < 4.78 is 16.0. The van der Waals surface area contributed by atoms with E-state index in [0.29, 0.717) is 66.5 Å². The van der Waals surface area contributed by atoms with Crippen molar-refractivity contribution >= 4 is 17.5 Å². The number of methoxy groups -OCH3 is 2. The van der Waals surface area contributed by atoms with Crippen LogP contribution in [0.4, 0.5) is 0 Å². The van der Waals surface area contributed by atoms with Gasteiger partial charge < -0.3 is 18.9 Å². The Morgan fingerprint density at radius 3 is 2.48 bits per heavy atom. The molecule has 0 saturated carbocycles. The molecule has 0 radical (unpaired) electrons. The fourth-order valence-electron chi connectivity index (χ4n) is 3.49. The van der Waals surface area contributed by atoms with Crippen LogP contribution in [0.1, 0.15) is 16.2 Å². The number of hydrogen-bond acceptors (Lipinski definition) is 7. The molecule has 4 rings (SSSR count). The molecule has 1 aromatic heterocycles. The number of nitrogens with zero attached hydrogens (tertiary/aromatic N) is 4. The van der Waals surface area contributed by atoms with Gasteiger partial charge >= 0.3 is 0 Å². The van der Waals surface area contributed by atoms with Crippen molar-refractivity contribution in [2.45, 2.75) is 6.54 Å². The third-order valence-electron chi connectivity index (χ3n) is 5.23. The molecule has 162 valence electrons. The van der Waals surface area contributed by atoms with Crippen molar-refractivity contribution in [3.05, 3.63) is 58.9 Å². The van der Waals surface area contributed by atoms with Gasteiger partial charge in [-0.2, -0.15) is 4.98 Å². The maximum atomic E-state index is 13.0. The molecule has 3 aromatic rings. The zero-order valence-corrected chi connectivity index (χ0v) is 18.1. The molecule has 0 aliphatic carbocycles. The number of hydrogen-bond donors (Lipinski definition) is 0. The molecule has 1 amide bonds. The molecular formula is C22H23ClN4O4. The van der Waals surface area contributed by atoms with Crippen molar-refractivity contribution in [3.8, 4) is 22.9 Å². The molecule has 1 fully saturated rings. The van der Waals surface area contributed by atoms with Crippen LogP contribution >= 0.6 is 11.6 Å². The first-order valence-corrected chi connectivity index (χ1v) is 10.3. The maximum Gasteiger partial charge on any atom is 0.257 e.